The fourth-order valence-electron chi connectivity index (χ4n) is 5.64. The van der Waals surface area contributed by atoms with E-state index < -0.39 is 12.1 Å². The molecule has 0 radical (unpaired) electrons. The Morgan fingerprint density at radius 1 is 1.06 bits per heavy atom. The summed E-state index contributed by atoms with van der Waals surface area (Å²) in [5.41, 5.74) is 4.67. The Kier molecular flexibility index (Phi) is 6.72. The number of alkyl carbamates (subject to hydrolysis) is 1. The number of nitrogens with zero attached hydrogens (tertiary/aromatic N) is 1. The van der Waals surface area contributed by atoms with E-state index in [1.165, 1.54) is 11.1 Å². The van der Waals surface area contributed by atoms with Crippen molar-refractivity contribution in [2.45, 2.75) is 43.7 Å². The van der Waals surface area contributed by atoms with Crippen LogP contribution in [-0.4, -0.2) is 66.4 Å². The van der Waals surface area contributed by atoms with Crippen molar-refractivity contribution < 1.29 is 29.0 Å². The van der Waals surface area contributed by atoms with E-state index in [4.69, 9.17) is 14.6 Å². The summed E-state index contributed by atoms with van der Waals surface area (Å²) in [5.74, 6) is -1.24. The second kappa shape index (κ2) is 10.1. The van der Waals surface area contributed by atoms with Gasteiger partial charge in [0.2, 0.25) is 5.91 Å². The smallest absolute Gasteiger partial charge is 0.407 e. The molecule has 3 unspecified atom stereocenters. The lowest BCUT2D eigenvalue weighted by Crippen LogP contribution is -2.41. The van der Waals surface area contributed by atoms with Crippen LogP contribution in [-0.2, 0) is 19.1 Å². The van der Waals surface area contributed by atoms with Crippen LogP contribution in [0.25, 0.3) is 11.1 Å². The van der Waals surface area contributed by atoms with Gasteiger partial charge >= 0.3 is 12.1 Å². The Morgan fingerprint density at radius 2 is 1.74 bits per heavy atom. The molecule has 0 spiro atoms. The highest BCUT2D eigenvalue weighted by Gasteiger charge is 2.38. The van der Waals surface area contributed by atoms with Crippen molar-refractivity contribution in [3.63, 3.8) is 0 Å². The number of likely N-dealkylation sites (tertiary alicyclic amines) is 1. The Labute approximate surface area is 204 Å². The molecule has 2 fully saturated rings. The van der Waals surface area contributed by atoms with E-state index in [-0.39, 0.29) is 56.1 Å². The third-order valence-electron chi connectivity index (χ3n) is 7.32. The van der Waals surface area contributed by atoms with Gasteiger partial charge in [-0.05, 0) is 41.5 Å². The number of fused-ring (bicyclic) bond motifs is 3. The van der Waals surface area contributed by atoms with Crippen molar-refractivity contribution >= 4 is 18.0 Å². The van der Waals surface area contributed by atoms with Gasteiger partial charge in [-0.3, -0.25) is 9.59 Å². The van der Waals surface area contributed by atoms with Crippen LogP contribution < -0.4 is 5.32 Å². The number of carbonyl (C=O) groups is 3. The molecule has 2 heterocycles. The van der Waals surface area contributed by atoms with Crippen molar-refractivity contribution in [1.29, 1.82) is 0 Å². The summed E-state index contributed by atoms with van der Waals surface area (Å²) in [6.07, 6.45) is 1.24. The fraction of sp³-hybridized carbons (Fsp3) is 0.444. The van der Waals surface area contributed by atoms with Crippen molar-refractivity contribution in [3.05, 3.63) is 59.7 Å². The molecule has 3 aliphatic rings. The zero-order chi connectivity index (χ0) is 24.4. The number of benzene rings is 2. The van der Waals surface area contributed by atoms with Gasteiger partial charge in [0.25, 0.3) is 0 Å². The number of carboxylic acids is 1. The van der Waals surface area contributed by atoms with Crippen LogP contribution in [0, 0.1) is 5.92 Å². The molecule has 3 atom stereocenters. The molecular weight excluding hydrogens is 448 g/mol. The van der Waals surface area contributed by atoms with Crippen LogP contribution >= 0.6 is 0 Å². The monoisotopic (exact) mass is 478 g/mol. The lowest BCUT2D eigenvalue weighted by Gasteiger charge is -2.26. The predicted octanol–water partition coefficient (Wildman–Crippen LogP) is 3.40. The van der Waals surface area contributed by atoms with Crippen molar-refractivity contribution in [2.24, 2.45) is 5.92 Å². The first-order chi connectivity index (χ1) is 17.0. The number of hydrogen-bond acceptors (Lipinski definition) is 5. The largest absolute Gasteiger partial charge is 0.481 e. The zero-order valence-corrected chi connectivity index (χ0v) is 19.5. The lowest BCUT2D eigenvalue weighted by molar-refractivity contribution is -0.141. The summed E-state index contributed by atoms with van der Waals surface area (Å²) < 4.78 is 11.3. The Morgan fingerprint density at radius 3 is 2.43 bits per heavy atom. The van der Waals surface area contributed by atoms with Gasteiger partial charge in [-0.15, -0.1) is 0 Å². The maximum absolute atomic E-state index is 12.9. The maximum atomic E-state index is 12.9. The second-order valence-electron chi connectivity index (χ2n) is 9.52. The maximum Gasteiger partial charge on any atom is 0.407 e. The topological polar surface area (TPSA) is 105 Å². The highest BCUT2D eigenvalue weighted by molar-refractivity contribution is 5.81. The number of hydrogen-bond donors (Lipinski definition) is 2. The van der Waals surface area contributed by atoms with E-state index in [1.54, 1.807) is 4.90 Å². The summed E-state index contributed by atoms with van der Waals surface area (Å²) >= 11 is 0. The molecule has 2 amide bonds. The summed E-state index contributed by atoms with van der Waals surface area (Å²) in [6, 6.07) is 16.1. The van der Waals surface area contributed by atoms with Gasteiger partial charge in [0.15, 0.2) is 0 Å². The number of ether oxygens (including phenoxy) is 2. The van der Waals surface area contributed by atoms with E-state index in [0.29, 0.717) is 13.0 Å². The van der Waals surface area contributed by atoms with Crippen LogP contribution in [0.3, 0.4) is 0 Å². The molecule has 2 saturated heterocycles. The Balaban J connectivity index is 1.10. The molecule has 5 rings (SSSR count). The van der Waals surface area contributed by atoms with E-state index in [9.17, 15) is 14.4 Å². The number of nitrogens with one attached hydrogen (secondary N) is 1. The normalized spacial score (nSPS) is 23.1. The first kappa shape index (κ1) is 23.4. The Bertz CT molecular complexity index is 1070. The minimum Gasteiger partial charge on any atom is -0.481 e. The minimum atomic E-state index is -0.887. The van der Waals surface area contributed by atoms with Gasteiger partial charge < -0.3 is 24.8 Å². The summed E-state index contributed by atoms with van der Waals surface area (Å²) in [6.45, 7) is 1.38. The van der Waals surface area contributed by atoms with Crippen LogP contribution in [0.4, 0.5) is 4.79 Å². The highest BCUT2D eigenvalue weighted by atomic mass is 16.5. The van der Waals surface area contributed by atoms with Crippen LogP contribution in [0.15, 0.2) is 48.5 Å². The summed E-state index contributed by atoms with van der Waals surface area (Å²) in [4.78, 5) is 38.1. The van der Waals surface area contributed by atoms with E-state index in [1.807, 2.05) is 24.3 Å². The molecule has 2 N–H and O–H groups in total. The highest BCUT2D eigenvalue weighted by Crippen LogP contribution is 2.44. The van der Waals surface area contributed by atoms with Gasteiger partial charge in [0, 0.05) is 25.0 Å². The lowest BCUT2D eigenvalue weighted by atomic mass is 9.98. The molecule has 2 aromatic rings. The average Bonchev–Trinajstić information content (AvgIpc) is 3.59. The van der Waals surface area contributed by atoms with Gasteiger partial charge in [0.1, 0.15) is 6.61 Å². The third kappa shape index (κ3) is 4.89. The average molecular weight is 479 g/mol. The van der Waals surface area contributed by atoms with E-state index in [2.05, 4.69) is 29.6 Å². The van der Waals surface area contributed by atoms with Gasteiger partial charge in [-0.25, -0.2) is 4.79 Å². The molecule has 8 nitrogen and oxygen atoms in total. The first-order valence-corrected chi connectivity index (χ1v) is 12.2. The molecular formula is C27H30N2O6. The summed E-state index contributed by atoms with van der Waals surface area (Å²) in [7, 11) is 0. The molecule has 1 aliphatic carbocycles. The fourth-order valence-corrected chi connectivity index (χ4v) is 5.64. The summed E-state index contributed by atoms with van der Waals surface area (Å²) in [5, 5.41) is 11.9. The zero-order valence-electron chi connectivity index (χ0n) is 19.5. The molecule has 2 aliphatic heterocycles. The van der Waals surface area contributed by atoms with E-state index >= 15 is 0 Å². The number of rotatable bonds is 7. The molecule has 8 heteroatoms. The second-order valence-corrected chi connectivity index (χ2v) is 9.52. The van der Waals surface area contributed by atoms with Crippen molar-refractivity contribution in [2.75, 3.05) is 26.3 Å². The molecule has 2 aromatic carbocycles. The van der Waals surface area contributed by atoms with Gasteiger partial charge in [0.05, 0.1) is 25.0 Å². The molecule has 35 heavy (non-hydrogen) atoms. The van der Waals surface area contributed by atoms with E-state index in [0.717, 1.165) is 24.0 Å². The molecule has 0 aromatic heterocycles. The number of carboxylic acid groups (broad SMARTS) is 1. The van der Waals surface area contributed by atoms with Crippen molar-refractivity contribution in [3.8, 4) is 11.1 Å². The van der Waals surface area contributed by atoms with Gasteiger partial charge in [-0.1, -0.05) is 48.5 Å². The Hall–Kier alpha value is -3.39. The molecule has 0 saturated carbocycles. The standard InChI is InChI=1S/C27H30N2O6/c30-25(31)13-18-6-5-11-29(18)26(32)17-12-19(34-15-17)14-28-27(33)35-16-24-22-9-3-1-7-20(22)21-8-2-4-10-23(21)24/h1-4,7-10,17-19,24H,5-6,11-16H2,(H,28,33)(H,30,31). The van der Waals surface area contributed by atoms with Crippen LogP contribution in [0.5, 0.6) is 0 Å². The molecule has 184 valence electrons. The first-order valence-electron chi connectivity index (χ1n) is 12.2. The van der Waals surface area contributed by atoms with Crippen LogP contribution in [0.2, 0.25) is 0 Å². The predicted molar refractivity (Wildman–Crippen MR) is 128 cm³/mol. The third-order valence-corrected chi connectivity index (χ3v) is 7.32. The van der Waals surface area contributed by atoms with Crippen LogP contribution in [0.1, 0.15) is 42.7 Å². The minimum absolute atomic E-state index is 0.00269. The van der Waals surface area contributed by atoms with Gasteiger partial charge in [-0.2, -0.15) is 0 Å². The SMILES string of the molecule is O=C(O)CC1CCCN1C(=O)C1COC(CNC(=O)OCC2c3ccccc3-c3ccccc32)C1. The quantitative estimate of drug-likeness (QED) is 0.632. The number of amides is 2. The molecule has 0 bridgehead atoms. The van der Waals surface area contributed by atoms with Crippen molar-refractivity contribution in [1.82, 2.24) is 10.2 Å². The number of carbonyl (C=O) groups excluding carboxylic acids is 2. The number of aliphatic carboxylic acids is 1.